The van der Waals surface area contributed by atoms with Crippen LogP contribution in [0.5, 0.6) is 0 Å². The summed E-state index contributed by atoms with van der Waals surface area (Å²) in [6.45, 7) is 3.67. The average Bonchev–Trinajstić information content (AvgIpc) is 3.35. The fraction of sp³-hybridized carbons (Fsp3) is 0.667. The van der Waals surface area contributed by atoms with Crippen molar-refractivity contribution in [2.75, 3.05) is 46.0 Å². The Morgan fingerprint density at radius 2 is 1.96 bits per heavy atom. The van der Waals surface area contributed by atoms with E-state index in [1.807, 2.05) is 26.6 Å². The van der Waals surface area contributed by atoms with Gasteiger partial charge >= 0.3 is 0 Å². The Labute approximate surface area is 151 Å². The summed E-state index contributed by atoms with van der Waals surface area (Å²) in [7, 11) is 0. The number of carbonyl (C=O) groups is 2. The number of likely N-dealkylation sites (tertiary alicyclic amines) is 2. The molecule has 0 aliphatic carbocycles. The molecule has 3 saturated heterocycles. The summed E-state index contributed by atoms with van der Waals surface area (Å²) in [6.07, 6.45) is 1.57. The van der Waals surface area contributed by atoms with E-state index in [1.54, 1.807) is 0 Å². The van der Waals surface area contributed by atoms with E-state index >= 15 is 0 Å². The maximum Gasteiger partial charge on any atom is 0.254 e. The van der Waals surface area contributed by atoms with Gasteiger partial charge in [0.2, 0.25) is 5.91 Å². The zero-order valence-corrected chi connectivity index (χ0v) is 15.0. The highest BCUT2D eigenvalue weighted by molar-refractivity contribution is 7.08. The molecule has 136 valence electrons. The molecule has 0 saturated carbocycles. The lowest BCUT2D eigenvalue weighted by atomic mass is 9.82. The number of hydrogen-bond donors (Lipinski definition) is 1. The van der Waals surface area contributed by atoms with Crippen LogP contribution in [-0.4, -0.2) is 72.7 Å². The van der Waals surface area contributed by atoms with Crippen molar-refractivity contribution in [3.05, 3.63) is 22.4 Å². The minimum Gasteiger partial charge on any atom is -0.396 e. The van der Waals surface area contributed by atoms with Gasteiger partial charge in [0.15, 0.2) is 0 Å². The van der Waals surface area contributed by atoms with Crippen molar-refractivity contribution in [3.8, 4) is 0 Å². The van der Waals surface area contributed by atoms with E-state index in [1.165, 1.54) is 11.3 Å². The van der Waals surface area contributed by atoms with Crippen molar-refractivity contribution < 1.29 is 19.4 Å². The molecule has 25 heavy (non-hydrogen) atoms. The fourth-order valence-electron chi connectivity index (χ4n) is 4.50. The normalized spacial score (nSPS) is 29.9. The highest BCUT2D eigenvalue weighted by atomic mass is 32.1. The molecule has 0 radical (unpaired) electrons. The van der Waals surface area contributed by atoms with Gasteiger partial charge in [0.25, 0.3) is 5.91 Å². The first kappa shape index (κ1) is 17.0. The Morgan fingerprint density at radius 1 is 1.24 bits per heavy atom. The maximum atomic E-state index is 12.8. The molecule has 2 unspecified atom stereocenters. The summed E-state index contributed by atoms with van der Waals surface area (Å²) in [5, 5.41) is 13.8. The Hall–Kier alpha value is -1.44. The molecule has 3 aliphatic heterocycles. The van der Waals surface area contributed by atoms with E-state index in [0.29, 0.717) is 45.0 Å². The Bertz CT molecular complexity index is 644. The minimum absolute atomic E-state index is 0.0165. The number of fused-ring (bicyclic) bond motifs is 1. The predicted octanol–water partition coefficient (Wildman–Crippen LogP) is 1.07. The maximum absolute atomic E-state index is 12.8. The van der Waals surface area contributed by atoms with Gasteiger partial charge in [-0.05, 0) is 24.3 Å². The van der Waals surface area contributed by atoms with Gasteiger partial charge in [-0.3, -0.25) is 9.59 Å². The first-order chi connectivity index (χ1) is 12.1. The minimum atomic E-state index is -0.369. The molecule has 3 aliphatic rings. The second-order valence-corrected chi connectivity index (χ2v) is 8.30. The van der Waals surface area contributed by atoms with Gasteiger partial charge in [-0.2, -0.15) is 11.3 Å². The van der Waals surface area contributed by atoms with E-state index in [9.17, 15) is 14.7 Å². The summed E-state index contributed by atoms with van der Waals surface area (Å²) in [5.74, 6) is 0.433. The van der Waals surface area contributed by atoms with Crippen LogP contribution in [0.25, 0.3) is 0 Å². The highest BCUT2D eigenvalue weighted by Crippen LogP contribution is 2.43. The molecule has 2 amide bonds. The van der Waals surface area contributed by atoms with Crippen molar-refractivity contribution in [1.82, 2.24) is 9.80 Å². The molecule has 1 aromatic rings. The van der Waals surface area contributed by atoms with Gasteiger partial charge in [0, 0.05) is 62.0 Å². The van der Waals surface area contributed by atoms with Crippen LogP contribution < -0.4 is 0 Å². The predicted molar refractivity (Wildman–Crippen MR) is 93.4 cm³/mol. The zero-order valence-electron chi connectivity index (χ0n) is 14.2. The molecule has 2 atom stereocenters. The topological polar surface area (TPSA) is 70.1 Å². The van der Waals surface area contributed by atoms with Gasteiger partial charge in [0.1, 0.15) is 0 Å². The standard InChI is InChI=1S/C18H24N2O4S/c21-12-18-10-19(16(22)13-1-4-24-5-2-13)7-15(18)8-20(11-18)17(23)14-3-6-25-9-14/h3,6,9,13,15,21H,1-2,4-5,7-8,10-12H2. The lowest BCUT2D eigenvalue weighted by Gasteiger charge is -2.30. The second kappa shape index (κ2) is 6.70. The number of carbonyl (C=O) groups excluding carboxylic acids is 2. The van der Waals surface area contributed by atoms with Crippen LogP contribution in [0, 0.1) is 17.3 Å². The zero-order chi connectivity index (χ0) is 17.4. The number of aliphatic hydroxyl groups excluding tert-OH is 1. The summed E-state index contributed by atoms with van der Waals surface area (Å²) in [6, 6.07) is 1.84. The number of ether oxygens (including phenoxy) is 1. The SMILES string of the molecule is O=C(c1ccsc1)N1CC2CN(C(=O)C3CCOCC3)CC2(CO)C1. The first-order valence-corrected chi connectivity index (χ1v) is 9.86. The highest BCUT2D eigenvalue weighted by Gasteiger charge is 2.54. The molecule has 4 rings (SSSR count). The van der Waals surface area contributed by atoms with Crippen LogP contribution >= 0.6 is 11.3 Å². The quantitative estimate of drug-likeness (QED) is 0.871. The molecular weight excluding hydrogens is 340 g/mol. The van der Waals surface area contributed by atoms with Crippen molar-refractivity contribution in [1.29, 1.82) is 0 Å². The van der Waals surface area contributed by atoms with Gasteiger partial charge in [-0.25, -0.2) is 0 Å². The lowest BCUT2D eigenvalue weighted by molar-refractivity contribution is -0.138. The Morgan fingerprint density at radius 3 is 2.60 bits per heavy atom. The second-order valence-electron chi connectivity index (χ2n) is 7.52. The van der Waals surface area contributed by atoms with Gasteiger partial charge in [0.05, 0.1) is 12.2 Å². The third kappa shape index (κ3) is 2.98. The van der Waals surface area contributed by atoms with Crippen molar-refractivity contribution in [2.24, 2.45) is 17.3 Å². The van der Waals surface area contributed by atoms with Crippen LogP contribution in [0.15, 0.2) is 16.8 Å². The fourth-order valence-corrected chi connectivity index (χ4v) is 5.13. The number of rotatable bonds is 3. The number of aliphatic hydroxyl groups is 1. The lowest BCUT2D eigenvalue weighted by Crippen LogP contribution is -2.42. The largest absolute Gasteiger partial charge is 0.396 e. The van der Waals surface area contributed by atoms with Crippen molar-refractivity contribution in [3.63, 3.8) is 0 Å². The van der Waals surface area contributed by atoms with Gasteiger partial charge in [-0.15, -0.1) is 0 Å². The number of thiophene rings is 1. The van der Waals surface area contributed by atoms with E-state index in [2.05, 4.69) is 0 Å². The van der Waals surface area contributed by atoms with Crippen molar-refractivity contribution in [2.45, 2.75) is 12.8 Å². The molecule has 3 fully saturated rings. The van der Waals surface area contributed by atoms with E-state index in [-0.39, 0.29) is 35.7 Å². The summed E-state index contributed by atoms with van der Waals surface area (Å²) < 4.78 is 5.35. The first-order valence-electron chi connectivity index (χ1n) is 8.92. The Kier molecular flexibility index (Phi) is 4.56. The molecule has 1 N–H and O–H groups in total. The van der Waals surface area contributed by atoms with Crippen LogP contribution in [0.2, 0.25) is 0 Å². The van der Waals surface area contributed by atoms with Gasteiger partial charge in [-0.1, -0.05) is 0 Å². The molecule has 1 aromatic heterocycles. The third-order valence-corrected chi connectivity index (χ3v) is 6.69. The number of hydrogen-bond acceptors (Lipinski definition) is 5. The van der Waals surface area contributed by atoms with Crippen molar-refractivity contribution >= 4 is 23.2 Å². The monoisotopic (exact) mass is 364 g/mol. The summed E-state index contributed by atoms with van der Waals surface area (Å²) >= 11 is 1.51. The van der Waals surface area contributed by atoms with Crippen LogP contribution in [0.1, 0.15) is 23.2 Å². The average molecular weight is 364 g/mol. The smallest absolute Gasteiger partial charge is 0.254 e. The molecule has 0 spiro atoms. The van der Waals surface area contributed by atoms with Crippen LogP contribution in [0.3, 0.4) is 0 Å². The number of nitrogens with zero attached hydrogens (tertiary/aromatic N) is 2. The van der Waals surface area contributed by atoms with Crippen LogP contribution in [0.4, 0.5) is 0 Å². The number of amides is 2. The molecular formula is C18H24N2O4S. The molecule has 6 nitrogen and oxygen atoms in total. The van der Waals surface area contributed by atoms with E-state index in [0.717, 1.165) is 12.8 Å². The van der Waals surface area contributed by atoms with E-state index < -0.39 is 0 Å². The molecule has 0 aromatic carbocycles. The Balaban J connectivity index is 1.44. The molecule has 7 heteroatoms. The summed E-state index contributed by atoms with van der Waals surface area (Å²) in [5.41, 5.74) is 0.347. The summed E-state index contributed by atoms with van der Waals surface area (Å²) in [4.78, 5) is 29.2. The van der Waals surface area contributed by atoms with Crippen LogP contribution in [-0.2, 0) is 9.53 Å². The molecule has 4 heterocycles. The van der Waals surface area contributed by atoms with Gasteiger partial charge < -0.3 is 19.6 Å². The molecule has 0 bridgehead atoms. The third-order valence-electron chi connectivity index (χ3n) is 6.01. The van der Waals surface area contributed by atoms with E-state index in [4.69, 9.17) is 4.74 Å².